The molecule has 0 saturated heterocycles. The first-order chi connectivity index (χ1) is 9.90. The van der Waals surface area contributed by atoms with E-state index in [1.165, 1.54) is 0 Å². The summed E-state index contributed by atoms with van der Waals surface area (Å²) in [6.07, 6.45) is 0. The second-order valence-corrected chi connectivity index (χ2v) is 6.61. The average molecular weight is 330 g/mol. The fourth-order valence-corrected chi connectivity index (χ4v) is 3.47. The van der Waals surface area contributed by atoms with Crippen LogP contribution in [0.1, 0.15) is 11.4 Å². The first-order valence-corrected chi connectivity index (χ1v) is 8.16. The van der Waals surface area contributed by atoms with Gasteiger partial charge >= 0.3 is 0 Å². The van der Waals surface area contributed by atoms with Crippen LogP contribution >= 0.6 is 11.6 Å². The summed E-state index contributed by atoms with van der Waals surface area (Å²) in [5.74, 6) is 0.595. The molecule has 0 fully saturated rings. The fourth-order valence-electron chi connectivity index (χ4n) is 1.91. The average Bonchev–Trinajstić information content (AvgIpc) is 2.75. The van der Waals surface area contributed by atoms with Crippen LogP contribution in [0, 0.1) is 13.8 Å². The molecule has 114 valence electrons. The lowest BCUT2D eigenvalue weighted by Crippen LogP contribution is -2.29. The number of hydrogen-bond acceptors (Lipinski definition) is 4. The number of benzene rings is 1. The van der Waals surface area contributed by atoms with Gasteiger partial charge in [0, 0.05) is 11.6 Å². The van der Waals surface area contributed by atoms with Gasteiger partial charge in [-0.1, -0.05) is 17.7 Å². The van der Waals surface area contributed by atoms with Gasteiger partial charge in [0.1, 0.15) is 17.3 Å². The molecule has 8 heteroatoms. The number of nitrogens with zero attached hydrogens (tertiary/aromatic N) is 1. The molecule has 0 aliphatic rings. The Kier molecular flexibility index (Phi) is 4.87. The van der Waals surface area contributed by atoms with E-state index in [1.807, 2.05) is 0 Å². The standard InChI is InChI=1S/C13H16ClN3O3S/c1-9-13(10(2)17-16-9)21(18,19)15-6-7-20-12-5-3-4-11(14)8-12/h3-5,8,15H,6-7H2,1-2H3,(H,16,17). The molecule has 0 amide bonds. The van der Waals surface area contributed by atoms with Gasteiger partial charge in [-0.05, 0) is 32.0 Å². The summed E-state index contributed by atoms with van der Waals surface area (Å²) in [6, 6.07) is 6.92. The van der Waals surface area contributed by atoms with Crippen molar-refractivity contribution in [2.24, 2.45) is 0 Å². The third-order valence-electron chi connectivity index (χ3n) is 2.79. The van der Waals surface area contributed by atoms with Crippen LogP contribution in [0.15, 0.2) is 29.2 Å². The number of aromatic amines is 1. The van der Waals surface area contributed by atoms with Crippen LogP contribution in [0.4, 0.5) is 0 Å². The molecular weight excluding hydrogens is 314 g/mol. The van der Waals surface area contributed by atoms with Crippen LogP contribution in [0.2, 0.25) is 5.02 Å². The molecule has 1 aromatic carbocycles. The van der Waals surface area contributed by atoms with Gasteiger partial charge in [-0.3, -0.25) is 5.10 Å². The summed E-state index contributed by atoms with van der Waals surface area (Å²) < 4.78 is 32.2. The number of ether oxygens (including phenoxy) is 1. The van der Waals surface area contributed by atoms with E-state index in [-0.39, 0.29) is 18.0 Å². The Hall–Kier alpha value is -1.57. The molecule has 2 aromatic rings. The van der Waals surface area contributed by atoms with Crippen molar-refractivity contribution in [2.75, 3.05) is 13.2 Å². The fraction of sp³-hybridized carbons (Fsp3) is 0.308. The van der Waals surface area contributed by atoms with Gasteiger partial charge in [-0.15, -0.1) is 0 Å². The molecule has 1 heterocycles. The van der Waals surface area contributed by atoms with Gasteiger partial charge in [-0.25, -0.2) is 13.1 Å². The lowest BCUT2D eigenvalue weighted by molar-refractivity contribution is 0.323. The Bertz CT molecular complexity index is 709. The van der Waals surface area contributed by atoms with Crippen LogP contribution in [0.5, 0.6) is 5.75 Å². The molecule has 0 spiro atoms. The van der Waals surface area contributed by atoms with Gasteiger partial charge in [0.05, 0.1) is 11.4 Å². The van der Waals surface area contributed by atoms with E-state index < -0.39 is 10.0 Å². The number of aromatic nitrogens is 2. The zero-order chi connectivity index (χ0) is 15.5. The lowest BCUT2D eigenvalue weighted by atomic mass is 10.3. The third kappa shape index (κ3) is 3.96. The van der Waals surface area contributed by atoms with E-state index in [0.717, 1.165) is 0 Å². The van der Waals surface area contributed by atoms with Crippen molar-refractivity contribution in [3.05, 3.63) is 40.7 Å². The molecule has 0 aliphatic heterocycles. The lowest BCUT2D eigenvalue weighted by Gasteiger charge is -2.09. The van der Waals surface area contributed by atoms with E-state index in [2.05, 4.69) is 14.9 Å². The highest BCUT2D eigenvalue weighted by atomic mass is 35.5. The van der Waals surface area contributed by atoms with Gasteiger partial charge in [0.15, 0.2) is 0 Å². The summed E-state index contributed by atoms with van der Waals surface area (Å²) in [7, 11) is -3.59. The van der Waals surface area contributed by atoms with E-state index >= 15 is 0 Å². The molecular formula is C13H16ClN3O3S. The summed E-state index contributed by atoms with van der Waals surface area (Å²) in [5, 5.41) is 7.10. The van der Waals surface area contributed by atoms with Crippen molar-refractivity contribution in [2.45, 2.75) is 18.7 Å². The van der Waals surface area contributed by atoms with Crippen LogP contribution in [0.3, 0.4) is 0 Å². The molecule has 2 N–H and O–H groups in total. The summed E-state index contributed by atoms with van der Waals surface area (Å²) in [4.78, 5) is 0.185. The molecule has 0 radical (unpaired) electrons. The van der Waals surface area contributed by atoms with Crippen molar-refractivity contribution in [3.63, 3.8) is 0 Å². The Morgan fingerprint density at radius 3 is 2.76 bits per heavy atom. The van der Waals surface area contributed by atoms with Crippen molar-refractivity contribution < 1.29 is 13.2 Å². The zero-order valence-corrected chi connectivity index (χ0v) is 13.3. The molecule has 0 bridgehead atoms. The van der Waals surface area contributed by atoms with Crippen molar-refractivity contribution in [1.29, 1.82) is 0 Å². The van der Waals surface area contributed by atoms with Crippen molar-refractivity contribution in [1.82, 2.24) is 14.9 Å². The molecule has 21 heavy (non-hydrogen) atoms. The second kappa shape index (κ2) is 6.46. The minimum Gasteiger partial charge on any atom is -0.492 e. The van der Waals surface area contributed by atoms with E-state index in [0.29, 0.717) is 22.2 Å². The normalized spacial score (nSPS) is 11.6. The smallest absolute Gasteiger partial charge is 0.244 e. The number of aryl methyl sites for hydroxylation is 2. The number of rotatable bonds is 6. The SMILES string of the molecule is Cc1n[nH]c(C)c1S(=O)(=O)NCCOc1cccc(Cl)c1. The highest BCUT2D eigenvalue weighted by molar-refractivity contribution is 7.89. The first kappa shape index (κ1) is 15.8. The molecule has 6 nitrogen and oxygen atoms in total. The monoisotopic (exact) mass is 329 g/mol. The Labute approximate surface area is 128 Å². The first-order valence-electron chi connectivity index (χ1n) is 6.30. The third-order valence-corrected chi connectivity index (χ3v) is 4.75. The van der Waals surface area contributed by atoms with Crippen LogP contribution < -0.4 is 9.46 Å². The second-order valence-electron chi connectivity index (χ2n) is 4.47. The number of halogens is 1. The van der Waals surface area contributed by atoms with E-state index in [4.69, 9.17) is 16.3 Å². The predicted octanol–water partition coefficient (Wildman–Crippen LogP) is 2.04. The summed E-state index contributed by atoms with van der Waals surface area (Å²) >= 11 is 5.83. The highest BCUT2D eigenvalue weighted by Crippen LogP contribution is 2.17. The van der Waals surface area contributed by atoms with Crippen LogP contribution in [-0.4, -0.2) is 31.8 Å². The maximum Gasteiger partial charge on any atom is 0.244 e. The van der Waals surface area contributed by atoms with Gasteiger partial charge in [0.2, 0.25) is 10.0 Å². The summed E-state index contributed by atoms with van der Waals surface area (Å²) in [6.45, 7) is 3.66. The van der Waals surface area contributed by atoms with Gasteiger partial charge in [0.25, 0.3) is 0 Å². The van der Waals surface area contributed by atoms with Crippen LogP contribution in [0.25, 0.3) is 0 Å². The van der Waals surface area contributed by atoms with E-state index in [9.17, 15) is 8.42 Å². The maximum atomic E-state index is 12.2. The van der Waals surface area contributed by atoms with Crippen LogP contribution in [-0.2, 0) is 10.0 Å². The predicted molar refractivity (Wildman–Crippen MR) is 80.2 cm³/mol. The molecule has 1 aromatic heterocycles. The minimum absolute atomic E-state index is 0.152. The molecule has 0 atom stereocenters. The Morgan fingerprint density at radius 1 is 1.38 bits per heavy atom. The number of hydrogen-bond donors (Lipinski definition) is 2. The largest absolute Gasteiger partial charge is 0.492 e. The number of sulfonamides is 1. The number of H-pyrrole nitrogens is 1. The number of nitrogens with one attached hydrogen (secondary N) is 2. The van der Waals surface area contributed by atoms with Gasteiger partial charge in [-0.2, -0.15) is 5.10 Å². The quantitative estimate of drug-likeness (QED) is 0.794. The van der Waals surface area contributed by atoms with Crippen molar-refractivity contribution >= 4 is 21.6 Å². The van der Waals surface area contributed by atoms with Gasteiger partial charge < -0.3 is 4.74 Å². The summed E-state index contributed by atoms with van der Waals surface area (Å²) in [5.41, 5.74) is 0.950. The topological polar surface area (TPSA) is 84.1 Å². The van der Waals surface area contributed by atoms with Crippen molar-refractivity contribution in [3.8, 4) is 5.75 Å². The highest BCUT2D eigenvalue weighted by Gasteiger charge is 2.21. The molecule has 0 unspecified atom stereocenters. The molecule has 2 rings (SSSR count). The van der Waals surface area contributed by atoms with E-state index in [1.54, 1.807) is 38.1 Å². The Morgan fingerprint density at radius 2 is 2.14 bits per heavy atom. The molecule has 0 aliphatic carbocycles. The Balaban J connectivity index is 1.91. The zero-order valence-electron chi connectivity index (χ0n) is 11.7. The molecule has 0 saturated carbocycles. The maximum absolute atomic E-state index is 12.2. The minimum atomic E-state index is -3.59.